The van der Waals surface area contributed by atoms with E-state index < -0.39 is 17.8 Å². The van der Waals surface area contributed by atoms with Gasteiger partial charge in [0, 0.05) is 13.2 Å². The van der Waals surface area contributed by atoms with Crippen LogP contribution in [0.1, 0.15) is 27.7 Å². The Labute approximate surface area is 150 Å². The van der Waals surface area contributed by atoms with E-state index in [9.17, 15) is 18.0 Å². The van der Waals surface area contributed by atoms with Gasteiger partial charge in [-0.15, -0.1) is 0 Å². The van der Waals surface area contributed by atoms with Gasteiger partial charge in [0.2, 0.25) is 5.89 Å². The zero-order chi connectivity index (χ0) is 19.8. The summed E-state index contributed by atoms with van der Waals surface area (Å²) in [5.74, 6) is -0.637. The number of carbonyl (C=O) groups is 1. The molecule has 0 unspecified atom stereocenters. The molecular formula is C15H14F3N7O2. The molecule has 3 rings (SSSR count). The quantitative estimate of drug-likeness (QED) is 0.705. The molecule has 0 saturated carbocycles. The Balaban J connectivity index is 1.77. The van der Waals surface area contributed by atoms with Crippen LogP contribution in [0.15, 0.2) is 23.1 Å². The van der Waals surface area contributed by atoms with Crippen LogP contribution in [0.4, 0.5) is 19.0 Å². The van der Waals surface area contributed by atoms with Crippen LogP contribution in [0.3, 0.4) is 0 Å². The first-order valence-corrected chi connectivity index (χ1v) is 7.58. The molecule has 0 aliphatic carbocycles. The highest BCUT2D eigenvalue weighted by atomic mass is 19.4. The molecule has 3 N–H and O–H groups in total. The number of halogens is 3. The van der Waals surface area contributed by atoms with Crippen molar-refractivity contribution in [3.63, 3.8) is 0 Å². The maximum Gasteiger partial charge on any atom is 0.434 e. The first-order valence-electron chi connectivity index (χ1n) is 7.58. The minimum atomic E-state index is -4.57. The van der Waals surface area contributed by atoms with Crippen LogP contribution in [0.5, 0.6) is 0 Å². The van der Waals surface area contributed by atoms with Gasteiger partial charge in [-0.25, -0.2) is 19.9 Å². The predicted molar refractivity (Wildman–Crippen MR) is 86.1 cm³/mol. The number of rotatable bonds is 4. The van der Waals surface area contributed by atoms with E-state index in [1.165, 1.54) is 24.1 Å². The lowest BCUT2D eigenvalue weighted by atomic mass is 10.2. The standard InChI is InChI=1S/C15H14F3N7O2/c1-7-10(14-20-3-4-27-14)24-12(19)11(22-7)13(26)21-5-9-23-8(6-25(9)2)15(16,17)18/h3-4,6H,5H2,1-2H3,(H2,19,24)(H,21,26). The molecule has 0 fully saturated rings. The van der Waals surface area contributed by atoms with E-state index in [4.69, 9.17) is 10.2 Å². The highest BCUT2D eigenvalue weighted by Crippen LogP contribution is 2.28. The Morgan fingerprint density at radius 3 is 2.67 bits per heavy atom. The summed E-state index contributed by atoms with van der Waals surface area (Å²) in [4.78, 5) is 27.9. The van der Waals surface area contributed by atoms with E-state index in [1.54, 1.807) is 6.92 Å². The molecule has 27 heavy (non-hydrogen) atoms. The van der Waals surface area contributed by atoms with Crippen molar-refractivity contribution in [3.05, 3.63) is 41.6 Å². The lowest BCUT2D eigenvalue weighted by Crippen LogP contribution is -2.27. The van der Waals surface area contributed by atoms with Crippen molar-refractivity contribution in [2.75, 3.05) is 5.73 Å². The number of hydrogen-bond acceptors (Lipinski definition) is 7. The third-order valence-electron chi connectivity index (χ3n) is 3.62. The molecule has 0 aliphatic heterocycles. The van der Waals surface area contributed by atoms with Gasteiger partial charge in [0.15, 0.2) is 17.2 Å². The second-order valence-corrected chi connectivity index (χ2v) is 5.56. The molecule has 3 aromatic rings. The maximum absolute atomic E-state index is 12.7. The van der Waals surface area contributed by atoms with Gasteiger partial charge in [-0.2, -0.15) is 13.2 Å². The minimum absolute atomic E-state index is 0.0235. The maximum atomic E-state index is 12.7. The molecule has 0 bridgehead atoms. The Hall–Kier alpha value is -3.44. The zero-order valence-electron chi connectivity index (χ0n) is 14.2. The van der Waals surface area contributed by atoms with Crippen LogP contribution in [0.25, 0.3) is 11.6 Å². The summed E-state index contributed by atoms with van der Waals surface area (Å²) < 4.78 is 44.4. The Bertz CT molecular complexity index is 980. The fourth-order valence-corrected chi connectivity index (χ4v) is 2.29. The molecular weight excluding hydrogens is 367 g/mol. The number of aromatic nitrogens is 5. The Morgan fingerprint density at radius 1 is 1.33 bits per heavy atom. The number of alkyl halides is 3. The molecule has 12 heteroatoms. The molecule has 142 valence electrons. The van der Waals surface area contributed by atoms with Crippen molar-refractivity contribution in [1.82, 2.24) is 29.8 Å². The largest absolute Gasteiger partial charge is 0.443 e. The molecule has 1 amide bonds. The normalized spacial score (nSPS) is 11.6. The number of amides is 1. The number of oxazole rings is 1. The van der Waals surface area contributed by atoms with Crippen molar-refractivity contribution in [2.24, 2.45) is 7.05 Å². The zero-order valence-corrected chi connectivity index (χ0v) is 14.2. The van der Waals surface area contributed by atoms with E-state index in [0.29, 0.717) is 5.69 Å². The van der Waals surface area contributed by atoms with Gasteiger partial charge < -0.3 is 20.0 Å². The van der Waals surface area contributed by atoms with Gasteiger partial charge in [0.05, 0.1) is 18.4 Å². The molecule has 0 spiro atoms. The summed E-state index contributed by atoms with van der Waals surface area (Å²) in [5, 5.41) is 2.43. The first-order chi connectivity index (χ1) is 12.7. The summed E-state index contributed by atoms with van der Waals surface area (Å²) in [5.41, 5.74) is 5.22. The van der Waals surface area contributed by atoms with E-state index in [1.807, 2.05) is 0 Å². The summed E-state index contributed by atoms with van der Waals surface area (Å²) in [6.07, 6.45) is -0.946. The summed E-state index contributed by atoms with van der Waals surface area (Å²) in [7, 11) is 1.40. The van der Waals surface area contributed by atoms with Crippen LogP contribution >= 0.6 is 0 Å². The fourth-order valence-electron chi connectivity index (χ4n) is 2.29. The number of carbonyl (C=O) groups excluding carboxylic acids is 1. The molecule has 3 aromatic heterocycles. The predicted octanol–water partition coefficient (Wildman–Crippen LogP) is 1.70. The third-order valence-corrected chi connectivity index (χ3v) is 3.62. The van der Waals surface area contributed by atoms with E-state index in [-0.39, 0.29) is 35.5 Å². The van der Waals surface area contributed by atoms with Gasteiger partial charge in [-0.05, 0) is 6.92 Å². The number of nitrogens with two attached hydrogens (primary N) is 1. The monoisotopic (exact) mass is 381 g/mol. The summed E-state index contributed by atoms with van der Waals surface area (Å²) in [6, 6.07) is 0. The number of hydrogen-bond donors (Lipinski definition) is 2. The van der Waals surface area contributed by atoms with E-state index in [2.05, 4.69) is 25.3 Å². The van der Waals surface area contributed by atoms with Crippen LogP contribution in [-0.4, -0.2) is 30.4 Å². The molecule has 9 nitrogen and oxygen atoms in total. The average Bonchev–Trinajstić information content (AvgIpc) is 3.23. The fraction of sp³-hybridized carbons (Fsp3) is 0.267. The number of imidazole rings is 1. The van der Waals surface area contributed by atoms with Gasteiger partial charge in [0.25, 0.3) is 5.91 Å². The van der Waals surface area contributed by atoms with Crippen molar-refractivity contribution in [2.45, 2.75) is 19.6 Å². The highest BCUT2D eigenvalue weighted by molar-refractivity contribution is 5.96. The lowest BCUT2D eigenvalue weighted by Gasteiger charge is -2.09. The van der Waals surface area contributed by atoms with Crippen molar-refractivity contribution in [3.8, 4) is 11.6 Å². The lowest BCUT2D eigenvalue weighted by molar-refractivity contribution is -0.141. The topological polar surface area (TPSA) is 125 Å². The summed E-state index contributed by atoms with van der Waals surface area (Å²) >= 11 is 0. The number of anilines is 1. The Morgan fingerprint density at radius 2 is 2.07 bits per heavy atom. The summed E-state index contributed by atoms with van der Waals surface area (Å²) in [6.45, 7) is 1.35. The van der Waals surface area contributed by atoms with Crippen LogP contribution in [0.2, 0.25) is 0 Å². The molecule has 0 radical (unpaired) electrons. The average molecular weight is 381 g/mol. The van der Waals surface area contributed by atoms with Crippen molar-refractivity contribution < 1.29 is 22.4 Å². The van der Waals surface area contributed by atoms with Crippen LogP contribution in [-0.2, 0) is 19.8 Å². The van der Waals surface area contributed by atoms with Crippen molar-refractivity contribution in [1.29, 1.82) is 0 Å². The van der Waals surface area contributed by atoms with Crippen LogP contribution in [0, 0.1) is 6.92 Å². The molecule has 3 heterocycles. The molecule has 0 aliphatic rings. The van der Waals surface area contributed by atoms with E-state index >= 15 is 0 Å². The number of nitrogen functional groups attached to an aromatic ring is 1. The molecule has 0 atom stereocenters. The molecule has 0 saturated heterocycles. The van der Waals surface area contributed by atoms with E-state index in [0.717, 1.165) is 6.20 Å². The van der Waals surface area contributed by atoms with Gasteiger partial charge >= 0.3 is 6.18 Å². The van der Waals surface area contributed by atoms with Gasteiger partial charge in [0.1, 0.15) is 17.8 Å². The minimum Gasteiger partial charge on any atom is -0.443 e. The second-order valence-electron chi connectivity index (χ2n) is 5.56. The SMILES string of the molecule is Cc1nc(C(=O)NCc2nc(C(F)(F)F)cn2C)c(N)nc1-c1ncco1. The highest BCUT2D eigenvalue weighted by Gasteiger charge is 2.34. The second kappa shape index (κ2) is 6.70. The Kier molecular flexibility index (Phi) is 4.56. The third kappa shape index (κ3) is 3.73. The van der Waals surface area contributed by atoms with Crippen LogP contribution < -0.4 is 11.1 Å². The number of aryl methyl sites for hydroxylation is 2. The first kappa shape index (κ1) is 18.4. The number of nitrogens with one attached hydrogen (secondary N) is 1. The van der Waals surface area contributed by atoms with Gasteiger partial charge in [-0.3, -0.25) is 4.79 Å². The van der Waals surface area contributed by atoms with Gasteiger partial charge in [-0.1, -0.05) is 0 Å². The molecule has 0 aromatic carbocycles. The van der Waals surface area contributed by atoms with Crippen molar-refractivity contribution >= 4 is 11.7 Å². The number of nitrogens with zero attached hydrogens (tertiary/aromatic N) is 5. The smallest absolute Gasteiger partial charge is 0.434 e.